The Labute approximate surface area is 124 Å². The van der Waals surface area contributed by atoms with Crippen LogP contribution in [0.5, 0.6) is 5.75 Å². The molecule has 2 rings (SSSR count). The molecule has 1 heterocycles. The molecule has 9 nitrogen and oxygen atoms in total. The van der Waals surface area contributed by atoms with Crippen LogP contribution in [0.25, 0.3) is 0 Å². The second-order valence-corrected chi connectivity index (χ2v) is 4.13. The van der Waals surface area contributed by atoms with Gasteiger partial charge in [0.25, 0.3) is 0 Å². The fraction of sp³-hybridized carbons (Fsp3) is 0.154. The zero-order valence-electron chi connectivity index (χ0n) is 11.6. The van der Waals surface area contributed by atoms with E-state index in [1.807, 2.05) is 0 Å². The van der Waals surface area contributed by atoms with Crippen LogP contribution in [0.15, 0.2) is 41.8 Å². The molecule has 0 N–H and O–H groups in total. The first-order chi connectivity index (χ1) is 10.6. The van der Waals surface area contributed by atoms with Crippen LogP contribution >= 0.6 is 0 Å². The van der Waals surface area contributed by atoms with Gasteiger partial charge in [0.05, 0.1) is 18.2 Å². The van der Waals surface area contributed by atoms with E-state index in [2.05, 4.69) is 15.1 Å². The molecule has 1 aromatic heterocycles. The zero-order valence-corrected chi connectivity index (χ0v) is 11.6. The van der Waals surface area contributed by atoms with Crippen LogP contribution in [0.2, 0.25) is 0 Å². The van der Waals surface area contributed by atoms with Gasteiger partial charge in [-0.15, -0.1) is 0 Å². The lowest BCUT2D eigenvalue weighted by Crippen LogP contribution is -2.11. The van der Waals surface area contributed by atoms with Crippen LogP contribution in [-0.2, 0) is 16.2 Å². The highest BCUT2D eigenvalue weighted by molar-refractivity contribution is 5.80. The summed E-state index contributed by atoms with van der Waals surface area (Å²) >= 11 is 0. The summed E-state index contributed by atoms with van der Waals surface area (Å²) in [6, 6.07) is 7.02. The van der Waals surface area contributed by atoms with Crippen molar-refractivity contribution in [3.05, 3.63) is 52.3 Å². The van der Waals surface area contributed by atoms with E-state index in [4.69, 9.17) is 4.74 Å². The fourth-order valence-electron chi connectivity index (χ4n) is 1.56. The highest BCUT2D eigenvalue weighted by atomic mass is 16.7. The number of hydrogen-bond donors (Lipinski definition) is 0. The molecule has 0 aliphatic rings. The molecule has 2 aromatic rings. The van der Waals surface area contributed by atoms with Crippen molar-refractivity contribution in [1.82, 2.24) is 9.78 Å². The Morgan fingerprint density at radius 3 is 3.05 bits per heavy atom. The van der Waals surface area contributed by atoms with Crippen molar-refractivity contribution in [2.45, 2.75) is 6.54 Å². The molecular weight excluding hydrogens is 292 g/mol. The van der Waals surface area contributed by atoms with Crippen molar-refractivity contribution in [3.8, 4) is 5.75 Å². The van der Waals surface area contributed by atoms with Crippen LogP contribution in [0.4, 0.5) is 5.69 Å². The molecule has 22 heavy (non-hydrogen) atoms. The molecule has 0 bridgehead atoms. The largest absolute Gasteiger partial charge is 0.497 e. The predicted octanol–water partition coefficient (Wildman–Crippen LogP) is 1.38. The number of rotatable bonds is 6. The molecule has 0 saturated heterocycles. The summed E-state index contributed by atoms with van der Waals surface area (Å²) in [6.07, 6.45) is 3.53. The second-order valence-electron chi connectivity index (χ2n) is 4.13. The summed E-state index contributed by atoms with van der Waals surface area (Å²) in [5, 5.41) is 17.7. The molecule has 9 heteroatoms. The third-order valence-electron chi connectivity index (χ3n) is 2.57. The molecule has 0 radical (unpaired) electrons. The Hall–Kier alpha value is -3.23. The normalized spacial score (nSPS) is 10.6. The average molecular weight is 304 g/mol. The Kier molecular flexibility index (Phi) is 4.81. The van der Waals surface area contributed by atoms with Gasteiger partial charge in [0.2, 0.25) is 0 Å². The smallest absolute Gasteiger partial charge is 0.356 e. The highest BCUT2D eigenvalue weighted by Crippen LogP contribution is 2.11. The summed E-state index contributed by atoms with van der Waals surface area (Å²) in [5.41, 5.74) is 0.495. The predicted molar refractivity (Wildman–Crippen MR) is 75.6 cm³/mol. The standard InChI is InChI=1S/C13H12N4O5/c1-21-12-4-2-3-10(5-12)6-15-22-13(18)9-16-8-11(7-14-16)17(19)20/h2-8H,9H2,1H3. The van der Waals surface area contributed by atoms with E-state index in [1.54, 1.807) is 31.4 Å². The number of benzene rings is 1. The maximum absolute atomic E-state index is 11.5. The quantitative estimate of drug-likeness (QED) is 0.345. The average Bonchev–Trinajstić information content (AvgIpc) is 2.96. The van der Waals surface area contributed by atoms with Crippen molar-refractivity contribution < 1.29 is 19.3 Å². The lowest BCUT2D eigenvalue weighted by atomic mass is 10.2. The van der Waals surface area contributed by atoms with Gasteiger partial charge in [-0.1, -0.05) is 17.3 Å². The van der Waals surface area contributed by atoms with Gasteiger partial charge < -0.3 is 9.57 Å². The Morgan fingerprint density at radius 1 is 1.55 bits per heavy atom. The number of hydrogen-bond acceptors (Lipinski definition) is 7. The number of oxime groups is 1. The van der Waals surface area contributed by atoms with Gasteiger partial charge >= 0.3 is 11.7 Å². The number of carbonyl (C=O) groups is 1. The first-order valence-corrected chi connectivity index (χ1v) is 6.12. The monoisotopic (exact) mass is 304 g/mol. The van der Waals surface area contributed by atoms with E-state index >= 15 is 0 Å². The van der Waals surface area contributed by atoms with Crippen molar-refractivity contribution in [3.63, 3.8) is 0 Å². The van der Waals surface area contributed by atoms with Crippen LogP contribution in [-0.4, -0.2) is 34.0 Å². The minimum Gasteiger partial charge on any atom is -0.497 e. The molecule has 114 valence electrons. The van der Waals surface area contributed by atoms with Crippen LogP contribution < -0.4 is 4.74 Å². The van der Waals surface area contributed by atoms with Crippen LogP contribution in [0, 0.1) is 10.1 Å². The minimum atomic E-state index is -0.697. The van der Waals surface area contributed by atoms with E-state index in [-0.39, 0.29) is 12.2 Å². The maximum Gasteiger partial charge on any atom is 0.356 e. The van der Waals surface area contributed by atoms with Crippen molar-refractivity contribution >= 4 is 17.9 Å². The molecule has 1 aromatic carbocycles. The summed E-state index contributed by atoms with van der Waals surface area (Å²) in [4.78, 5) is 26.0. The van der Waals surface area contributed by atoms with E-state index in [9.17, 15) is 14.9 Å². The van der Waals surface area contributed by atoms with Gasteiger partial charge in [-0.3, -0.25) is 14.8 Å². The molecule has 0 aliphatic heterocycles. The molecule has 0 unspecified atom stereocenters. The van der Waals surface area contributed by atoms with E-state index < -0.39 is 10.9 Å². The number of nitro groups is 1. The number of nitrogens with zero attached hydrogens (tertiary/aromatic N) is 4. The Morgan fingerprint density at radius 2 is 2.36 bits per heavy atom. The summed E-state index contributed by atoms with van der Waals surface area (Å²) in [5.74, 6) is -0.0451. The van der Waals surface area contributed by atoms with Crippen LogP contribution in [0.1, 0.15) is 5.56 Å². The van der Waals surface area contributed by atoms with Gasteiger partial charge in [0, 0.05) is 0 Å². The number of carbonyl (C=O) groups excluding carboxylic acids is 1. The number of aromatic nitrogens is 2. The van der Waals surface area contributed by atoms with Crippen molar-refractivity contribution in [1.29, 1.82) is 0 Å². The maximum atomic E-state index is 11.5. The van der Waals surface area contributed by atoms with Crippen molar-refractivity contribution in [2.75, 3.05) is 7.11 Å². The fourth-order valence-corrected chi connectivity index (χ4v) is 1.56. The first kappa shape index (κ1) is 15.2. The minimum absolute atomic E-state index is 0.201. The first-order valence-electron chi connectivity index (χ1n) is 6.12. The number of methoxy groups -OCH3 is 1. The van der Waals surface area contributed by atoms with Gasteiger partial charge in [0.15, 0.2) is 0 Å². The summed E-state index contributed by atoms with van der Waals surface area (Å²) in [6.45, 7) is -0.275. The lowest BCUT2D eigenvalue weighted by Gasteiger charge is -2.00. The zero-order chi connectivity index (χ0) is 15.9. The van der Waals surface area contributed by atoms with E-state index in [0.29, 0.717) is 11.3 Å². The van der Waals surface area contributed by atoms with E-state index in [1.165, 1.54) is 6.21 Å². The van der Waals surface area contributed by atoms with Gasteiger partial charge in [-0.25, -0.2) is 4.79 Å². The van der Waals surface area contributed by atoms with E-state index in [0.717, 1.165) is 17.1 Å². The lowest BCUT2D eigenvalue weighted by molar-refractivity contribution is -0.385. The van der Waals surface area contributed by atoms with Gasteiger partial charge in [-0.05, 0) is 17.7 Å². The number of ether oxygens (including phenoxy) is 1. The molecule has 0 atom stereocenters. The molecule has 0 saturated carbocycles. The molecule has 0 spiro atoms. The van der Waals surface area contributed by atoms with Crippen molar-refractivity contribution in [2.24, 2.45) is 5.16 Å². The summed E-state index contributed by atoms with van der Waals surface area (Å²) in [7, 11) is 1.54. The molecule has 0 amide bonds. The Bertz CT molecular complexity index is 710. The summed E-state index contributed by atoms with van der Waals surface area (Å²) < 4.78 is 6.15. The highest BCUT2D eigenvalue weighted by Gasteiger charge is 2.11. The topological polar surface area (TPSA) is 109 Å². The van der Waals surface area contributed by atoms with Crippen LogP contribution in [0.3, 0.4) is 0 Å². The molecular formula is C13H12N4O5. The third-order valence-corrected chi connectivity index (χ3v) is 2.57. The Balaban J connectivity index is 1.88. The second kappa shape index (κ2) is 6.97. The molecule has 0 fully saturated rings. The SMILES string of the molecule is COc1cccc(C=NOC(=O)Cn2cc([N+](=O)[O-])cn2)c1. The molecule has 0 aliphatic carbocycles. The van der Waals surface area contributed by atoms with Gasteiger partial charge in [0.1, 0.15) is 24.7 Å². The van der Waals surface area contributed by atoms with Gasteiger partial charge in [-0.2, -0.15) is 5.10 Å². The third kappa shape index (κ3) is 4.13.